The monoisotopic (exact) mass is 477 g/mol. The van der Waals surface area contributed by atoms with Crippen LogP contribution in [0.25, 0.3) is 0 Å². The molecule has 2 aliphatic rings. The van der Waals surface area contributed by atoms with E-state index in [-0.39, 0.29) is 5.54 Å². The van der Waals surface area contributed by atoms with E-state index in [1.54, 1.807) is 12.3 Å². The number of piperidine rings is 1. The predicted molar refractivity (Wildman–Crippen MR) is 138 cm³/mol. The molecule has 2 aliphatic heterocycles. The number of halogens is 2. The van der Waals surface area contributed by atoms with Crippen molar-refractivity contribution in [1.29, 1.82) is 0 Å². The molecule has 0 unspecified atom stereocenters. The van der Waals surface area contributed by atoms with Crippen LogP contribution in [-0.2, 0) is 12.1 Å². The van der Waals surface area contributed by atoms with Crippen molar-refractivity contribution < 1.29 is 0 Å². The Morgan fingerprint density at radius 3 is 2.42 bits per heavy atom. The van der Waals surface area contributed by atoms with Gasteiger partial charge < -0.3 is 15.5 Å². The molecule has 31 heavy (non-hydrogen) atoms. The second-order valence-corrected chi connectivity index (χ2v) is 8.43. The first kappa shape index (κ1) is 26.1. The molecule has 4 rings (SSSR count). The van der Waals surface area contributed by atoms with E-state index < -0.39 is 0 Å². The van der Waals surface area contributed by atoms with Crippen molar-refractivity contribution in [2.45, 2.75) is 31.3 Å². The summed E-state index contributed by atoms with van der Waals surface area (Å²) in [5.41, 5.74) is 4.09. The molecular weight excluding hydrogens is 445 g/mol. The van der Waals surface area contributed by atoms with Crippen molar-refractivity contribution in [3.63, 3.8) is 0 Å². The molecule has 0 bridgehead atoms. The van der Waals surface area contributed by atoms with E-state index in [0.29, 0.717) is 10.0 Å². The second-order valence-electron chi connectivity index (χ2n) is 7.62. The topological polar surface area (TPSA) is 27.3 Å². The van der Waals surface area contributed by atoms with Gasteiger partial charge in [-0.15, -0.1) is 0 Å². The first-order valence-electron chi connectivity index (χ1n) is 10.6. The lowest BCUT2D eigenvalue weighted by Gasteiger charge is -2.40. The average Bonchev–Trinajstić information content (AvgIpc) is 3.15. The van der Waals surface area contributed by atoms with Gasteiger partial charge in [-0.2, -0.15) is 12.6 Å². The molecule has 3 nitrogen and oxygen atoms in total. The smallest absolute Gasteiger partial charge is 0.0604 e. The molecule has 0 aromatic heterocycles. The summed E-state index contributed by atoms with van der Waals surface area (Å²) >= 11 is 15.5. The van der Waals surface area contributed by atoms with E-state index in [2.05, 4.69) is 64.3 Å². The van der Waals surface area contributed by atoms with Crippen LogP contribution in [0.4, 0.5) is 0 Å². The van der Waals surface area contributed by atoms with Crippen molar-refractivity contribution in [2.24, 2.45) is 0 Å². The van der Waals surface area contributed by atoms with E-state index >= 15 is 0 Å². The number of nitrogens with one attached hydrogen (secondary N) is 2. The van der Waals surface area contributed by atoms with Crippen LogP contribution in [0.3, 0.4) is 0 Å². The lowest BCUT2D eigenvalue weighted by molar-refractivity contribution is 0.144. The summed E-state index contributed by atoms with van der Waals surface area (Å²) in [6.07, 6.45) is 4.91. The summed E-state index contributed by atoms with van der Waals surface area (Å²) in [6.45, 7) is 4.27. The van der Waals surface area contributed by atoms with Gasteiger partial charge in [-0.3, -0.25) is 0 Å². The number of likely N-dealkylation sites (tertiary alicyclic amines) is 1. The molecule has 1 spiro atoms. The van der Waals surface area contributed by atoms with E-state index in [0.717, 1.165) is 38.2 Å². The van der Waals surface area contributed by atoms with Crippen molar-refractivity contribution >= 4 is 35.8 Å². The SMILES string of the molecule is CNC.CS.Clc1ccc(C#CCCN2CCC3(CC2)NCc2ccccc23)cc1Cl. The van der Waals surface area contributed by atoms with Gasteiger partial charge in [0.15, 0.2) is 0 Å². The molecule has 0 amide bonds. The lowest BCUT2D eigenvalue weighted by atomic mass is 9.82. The fourth-order valence-corrected chi connectivity index (χ4v) is 4.36. The van der Waals surface area contributed by atoms with E-state index in [4.69, 9.17) is 23.2 Å². The molecule has 2 aromatic rings. The van der Waals surface area contributed by atoms with Gasteiger partial charge in [0.2, 0.25) is 0 Å². The zero-order valence-corrected chi connectivity index (χ0v) is 21.0. The summed E-state index contributed by atoms with van der Waals surface area (Å²) in [5, 5.41) is 7.66. The van der Waals surface area contributed by atoms with Crippen LogP contribution in [0.1, 0.15) is 36.0 Å². The molecular formula is C25H33Cl2N3S. The van der Waals surface area contributed by atoms with Gasteiger partial charge in [-0.1, -0.05) is 59.3 Å². The fraction of sp³-hybridized carbons (Fsp3) is 0.440. The first-order valence-corrected chi connectivity index (χ1v) is 12.3. The highest BCUT2D eigenvalue weighted by Gasteiger charge is 2.40. The maximum Gasteiger partial charge on any atom is 0.0604 e. The highest BCUT2D eigenvalue weighted by atomic mass is 35.5. The summed E-state index contributed by atoms with van der Waals surface area (Å²) in [5.74, 6) is 6.45. The molecule has 2 aromatic carbocycles. The van der Waals surface area contributed by atoms with Gasteiger partial charge in [0, 0.05) is 43.7 Å². The zero-order valence-electron chi connectivity index (χ0n) is 18.6. The number of thiol groups is 1. The average molecular weight is 479 g/mol. The second kappa shape index (κ2) is 13.4. The van der Waals surface area contributed by atoms with E-state index in [9.17, 15) is 0 Å². The number of hydrogen-bond donors (Lipinski definition) is 3. The number of fused-ring (bicyclic) bond motifs is 2. The third-order valence-electron chi connectivity index (χ3n) is 5.57. The van der Waals surface area contributed by atoms with Crippen molar-refractivity contribution in [3.8, 4) is 11.8 Å². The van der Waals surface area contributed by atoms with Crippen LogP contribution in [0, 0.1) is 11.8 Å². The van der Waals surface area contributed by atoms with Gasteiger partial charge in [-0.25, -0.2) is 0 Å². The summed E-state index contributed by atoms with van der Waals surface area (Å²) in [4.78, 5) is 2.53. The van der Waals surface area contributed by atoms with E-state index in [1.807, 2.05) is 26.2 Å². The van der Waals surface area contributed by atoms with Crippen molar-refractivity contribution in [3.05, 3.63) is 69.2 Å². The molecule has 168 valence electrons. The Bertz CT molecular complexity index is 884. The van der Waals surface area contributed by atoms with Crippen molar-refractivity contribution in [2.75, 3.05) is 40.0 Å². The van der Waals surface area contributed by atoms with E-state index in [1.165, 1.54) is 24.0 Å². The third kappa shape index (κ3) is 7.15. The first-order chi connectivity index (χ1) is 15.1. The molecule has 2 N–H and O–H groups in total. The van der Waals surface area contributed by atoms with Crippen LogP contribution >= 0.6 is 35.8 Å². The zero-order chi connectivity index (χ0) is 22.7. The Hall–Kier alpha value is -1.19. The quantitative estimate of drug-likeness (QED) is 0.409. The summed E-state index contributed by atoms with van der Waals surface area (Å²) in [6, 6.07) is 14.4. The maximum atomic E-state index is 6.03. The number of hydrogen-bond acceptors (Lipinski definition) is 4. The molecule has 0 saturated carbocycles. The Morgan fingerprint density at radius 1 is 1.06 bits per heavy atom. The largest absolute Gasteiger partial charge is 0.323 e. The summed E-state index contributed by atoms with van der Waals surface area (Å²) in [7, 11) is 3.75. The Kier molecular flexibility index (Phi) is 11.2. The molecule has 1 fully saturated rings. The molecule has 0 aliphatic carbocycles. The van der Waals surface area contributed by atoms with Crippen LogP contribution in [0.2, 0.25) is 10.0 Å². The van der Waals surface area contributed by atoms with Crippen LogP contribution < -0.4 is 10.6 Å². The molecule has 6 heteroatoms. The molecule has 0 atom stereocenters. The standard InChI is InChI=1S/C22H22Cl2N2.C2H7N.CH4S/c23-20-9-8-17(15-21(20)24)5-3-4-12-26-13-10-22(11-14-26)19-7-2-1-6-18(19)16-25-22;1-3-2;1-2/h1-2,6-9,15,25H,4,10-14,16H2;3H,1-2H3;2H,1H3. The van der Waals surface area contributed by atoms with Gasteiger partial charge >= 0.3 is 0 Å². The Labute approximate surface area is 203 Å². The lowest BCUT2D eigenvalue weighted by Crippen LogP contribution is -2.48. The van der Waals surface area contributed by atoms with Crippen LogP contribution in [0.5, 0.6) is 0 Å². The Balaban J connectivity index is 0.000000630. The molecule has 1 saturated heterocycles. The van der Waals surface area contributed by atoms with Gasteiger partial charge in [0.25, 0.3) is 0 Å². The fourth-order valence-electron chi connectivity index (χ4n) is 4.06. The number of benzene rings is 2. The molecule has 0 radical (unpaired) electrons. The minimum atomic E-state index is 0.193. The predicted octanol–water partition coefficient (Wildman–Crippen LogP) is 5.21. The third-order valence-corrected chi connectivity index (χ3v) is 6.30. The number of rotatable bonds is 2. The molecule has 2 heterocycles. The van der Waals surface area contributed by atoms with Crippen LogP contribution in [-0.4, -0.2) is 44.9 Å². The minimum absolute atomic E-state index is 0.193. The highest BCUT2D eigenvalue weighted by Crippen LogP contribution is 2.39. The normalized spacial score (nSPS) is 16.2. The van der Waals surface area contributed by atoms with Crippen LogP contribution in [0.15, 0.2) is 42.5 Å². The Morgan fingerprint density at radius 2 is 1.74 bits per heavy atom. The minimum Gasteiger partial charge on any atom is -0.323 e. The highest BCUT2D eigenvalue weighted by molar-refractivity contribution is 7.79. The van der Waals surface area contributed by atoms with Gasteiger partial charge in [0.05, 0.1) is 10.0 Å². The van der Waals surface area contributed by atoms with Gasteiger partial charge in [0.1, 0.15) is 0 Å². The van der Waals surface area contributed by atoms with Gasteiger partial charge in [-0.05, 0) is 62.5 Å². The maximum absolute atomic E-state index is 6.03. The summed E-state index contributed by atoms with van der Waals surface area (Å²) < 4.78 is 0. The number of nitrogens with zero attached hydrogens (tertiary/aromatic N) is 1. The van der Waals surface area contributed by atoms with Crippen molar-refractivity contribution in [1.82, 2.24) is 15.5 Å².